The second-order valence-electron chi connectivity index (χ2n) is 4.33. The van der Waals surface area contributed by atoms with Gasteiger partial charge in [0.15, 0.2) is 11.5 Å². The van der Waals surface area contributed by atoms with Gasteiger partial charge < -0.3 is 9.47 Å². The molecule has 1 aromatic heterocycles. The van der Waals surface area contributed by atoms with Crippen LogP contribution in [0.1, 0.15) is 23.1 Å². The van der Waals surface area contributed by atoms with Crippen LogP contribution in [-0.4, -0.2) is 34.5 Å². The van der Waals surface area contributed by atoms with Crippen molar-refractivity contribution in [3.63, 3.8) is 0 Å². The van der Waals surface area contributed by atoms with Gasteiger partial charge in [0.2, 0.25) is 0 Å². The lowest BCUT2D eigenvalue weighted by molar-refractivity contribution is 0.101. The molecule has 0 N–H and O–H groups in total. The topological polar surface area (TPSA) is 66.2 Å². The molecule has 1 aromatic carbocycles. The fourth-order valence-electron chi connectivity index (χ4n) is 1.82. The van der Waals surface area contributed by atoms with Gasteiger partial charge in [0.25, 0.3) is 0 Å². The number of aromatic nitrogens is 3. The fraction of sp³-hybridized carbons (Fsp3) is 0.357. The number of benzene rings is 1. The van der Waals surface area contributed by atoms with Gasteiger partial charge in [-0.15, -0.1) is 5.10 Å². The molecule has 0 aliphatic rings. The highest BCUT2D eigenvalue weighted by atomic mass is 16.5. The van der Waals surface area contributed by atoms with Gasteiger partial charge in [-0.2, -0.15) is 0 Å². The third kappa shape index (κ3) is 3.14. The second kappa shape index (κ2) is 6.18. The van der Waals surface area contributed by atoms with Crippen LogP contribution < -0.4 is 9.47 Å². The monoisotopic (exact) mass is 275 g/mol. The Morgan fingerprint density at radius 2 is 1.90 bits per heavy atom. The molecule has 0 saturated carbocycles. The van der Waals surface area contributed by atoms with Crippen LogP contribution >= 0.6 is 0 Å². The number of ether oxygens (including phenoxy) is 2. The Kier molecular flexibility index (Phi) is 4.34. The summed E-state index contributed by atoms with van der Waals surface area (Å²) >= 11 is 0. The van der Waals surface area contributed by atoms with Gasteiger partial charge >= 0.3 is 0 Å². The Morgan fingerprint density at radius 3 is 2.45 bits per heavy atom. The van der Waals surface area contributed by atoms with Crippen molar-refractivity contribution in [2.45, 2.75) is 20.4 Å². The zero-order chi connectivity index (χ0) is 14.5. The molecule has 0 radical (unpaired) electrons. The van der Waals surface area contributed by atoms with Gasteiger partial charge in [-0.05, 0) is 31.2 Å². The molecular formula is C14H17N3O3. The summed E-state index contributed by atoms with van der Waals surface area (Å²) < 4.78 is 12.3. The summed E-state index contributed by atoms with van der Waals surface area (Å²) in [5.41, 5.74) is 1.17. The zero-order valence-corrected chi connectivity index (χ0v) is 11.8. The third-order valence-corrected chi connectivity index (χ3v) is 2.95. The molecule has 106 valence electrons. The van der Waals surface area contributed by atoms with Gasteiger partial charge in [0.1, 0.15) is 18.1 Å². The summed E-state index contributed by atoms with van der Waals surface area (Å²) in [6.45, 7) is 4.30. The molecule has 6 nitrogen and oxygen atoms in total. The third-order valence-electron chi connectivity index (χ3n) is 2.95. The summed E-state index contributed by atoms with van der Waals surface area (Å²) in [7, 11) is 1.62. The number of methoxy groups -OCH3 is 1. The van der Waals surface area contributed by atoms with E-state index in [4.69, 9.17) is 9.47 Å². The molecule has 0 spiro atoms. The Hall–Kier alpha value is -2.37. The van der Waals surface area contributed by atoms with Crippen molar-refractivity contribution < 1.29 is 14.3 Å². The van der Waals surface area contributed by atoms with Gasteiger partial charge in [0.05, 0.1) is 19.3 Å². The number of carbonyl (C=O) groups is 1. The molecule has 6 heteroatoms. The van der Waals surface area contributed by atoms with E-state index in [1.54, 1.807) is 11.8 Å². The second-order valence-corrected chi connectivity index (χ2v) is 4.33. The maximum Gasteiger partial charge on any atom is 0.181 e. The van der Waals surface area contributed by atoms with Crippen LogP contribution in [0.2, 0.25) is 0 Å². The maximum absolute atomic E-state index is 11.3. The zero-order valence-electron chi connectivity index (χ0n) is 11.8. The maximum atomic E-state index is 11.3. The molecule has 0 aliphatic carbocycles. The highest BCUT2D eigenvalue weighted by molar-refractivity contribution is 5.92. The van der Waals surface area contributed by atoms with E-state index in [2.05, 4.69) is 10.3 Å². The van der Waals surface area contributed by atoms with E-state index in [1.165, 1.54) is 6.92 Å². The van der Waals surface area contributed by atoms with Gasteiger partial charge in [-0.25, -0.2) is 4.68 Å². The molecule has 0 atom stereocenters. The molecule has 0 bridgehead atoms. The lowest BCUT2D eigenvalue weighted by atomic mass is 10.2. The number of hydrogen-bond acceptors (Lipinski definition) is 5. The van der Waals surface area contributed by atoms with E-state index < -0.39 is 0 Å². The minimum atomic E-state index is -0.0789. The van der Waals surface area contributed by atoms with Crippen molar-refractivity contribution in [2.24, 2.45) is 0 Å². The molecule has 0 fully saturated rings. The van der Waals surface area contributed by atoms with Gasteiger partial charge in [-0.1, -0.05) is 5.21 Å². The summed E-state index contributed by atoms with van der Waals surface area (Å²) in [5.74, 6) is 1.47. The number of ketones is 1. The minimum Gasteiger partial charge on any atom is -0.497 e. The first-order valence-corrected chi connectivity index (χ1v) is 6.29. The first-order valence-electron chi connectivity index (χ1n) is 6.29. The van der Waals surface area contributed by atoms with E-state index >= 15 is 0 Å². The summed E-state index contributed by atoms with van der Waals surface area (Å²) in [6.07, 6.45) is 0. The number of carbonyl (C=O) groups excluding carboxylic acids is 1. The molecule has 1 heterocycles. The molecular weight excluding hydrogens is 258 g/mol. The summed E-state index contributed by atoms with van der Waals surface area (Å²) in [6, 6.07) is 7.36. The molecule has 0 aliphatic heterocycles. The van der Waals surface area contributed by atoms with Crippen molar-refractivity contribution in [2.75, 3.05) is 13.7 Å². The van der Waals surface area contributed by atoms with Crippen LogP contribution in [-0.2, 0) is 6.54 Å². The fourth-order valence-corrected chi connectivity index (χ4v) is 1.82. The van der Waals surface area contributed by atoms with Gasteiger partial charge in [-0.3, -0.25) is 4.79 Å². The predicted molar refractivity (Wildman–Crippen MR) is 73.3 cm³/mol. The van der Waals surface area contributed by atoms with Crippen LogP contribution in [0.5, 0.6) is 11.5 Å². The molecule has 0 saturated heterocycles. The van der Waals surface area contributed by atoms with Crippen molar-refractivity contribution >= 4 is 5.78 Å². The smallest absolute Gasteiger partial charge is 0.181 e. The van der Waals surface area contributed by atoms with Crippen molar-refractivity contribution in [1.29, 1.82) is 0 Å². The largest absolute Gasteiger partial charge is 0.497 e. The minimum absolute atomic E-state index is 0.0789. The van der Waals surface area contributed by atoms with E-state index in [1.807, 2.05) is 31.2 Å². The van der Waals surface area contributed by atoms with Crippen molar-refractivity contribution in [3.05, 3.63) is 35.7 Å². The first-order chi connectivity index (χ1) is 9.61. The quantitative estimate of drug-likeness (QED) is 0.753. The summed E-state index contributed by atoms with van der Waals surface area (Å²) in [5, 5.41) is 7.80. The number of rotatable bonds is 6. The first kappa shape index (κ1) is 14.0. The van der Waals surface area contributed by atoms with Crippen LogP contribution in [0.25, 0.3) is 0 Å². The lowest BCUT2D eigenvalue weighted by Gasteiger charge is -2.07. The van der Waals surface area contributed by atoms with Crippen LogP contribution in [0.4, 0.5) is 0 Å². The normalized spacial score (nSPS) is 10.3. The highest BCUT2D eigenvalue weighted by Crippen LogP contribution is 2.17. The van der Waals surface area contributed by atoms with Crippen molar-refractivity contribution in [3.8, 4) is 11.5 Å². The number of hydrogen-bond donors (Lipinski definition) is 0. The molecule has 2 rings (SSSR count). The van der Waals surface area contributed by atoms with Gasteiger partial charge in [0, 0.05) is 6.92 Å². The molecule has 2 aromatic rings. The highest BCUT2D eigenvalue weighted by Gasteiger charge is 2.11. The van der Waals surface area contributed by atoms with E-state index in [0.717, 1.165) is 17.2 Å². The summed E-state index contributed by atoms with van der Waals surface area (Å²) in [4.78, 5) is 11.3. The average Bonchev–Trinajstić information content (AvgIpc) is 2.81. The Balaban J connectivity index is 1.90. The molecule has 0 unspecified atom stereocenters. The number of nitrogens with zero attached hydrogens (tertiary/aromatic N) is 3. The van der Waals surface area contributed by atoms with Crippen LogP contribution in [0, 0.1) is 6.92 Å². The average molecular weight is 275 g/mol. The van der Waals surface area contributed by atoms with Crippen molar-refractivity contribution in [1.82, 2.24) is 15.0 Å². The lowest BCUT2D eigenvalue weighted by Crippen LogP contribution is -2.11. The SMILES string of the molecule is COc1ccc(OCCn2nnc(C(C)=O)c2C)cc1. The molecule has 0 amide bonds. The Labute approximate surface area is 117 Å². The van der Waals surface area contributed by atoms with Crippen LogP contribution in [0.15, 0.2) is 24.3 Å². The standard InChI is InChI=1S/C14H17N3O3/c1-10-14(11(2)18)15-16-17(10)8-9-20-13-6-4-12(19-3)5-7-13/h4-7H,8-9H2,1-3H3. The Morgan fingerprint density at radius 1 is 1.25 bits per heavy atom. The number of Topliss-reactive ketones (excluding diaryl/α,β-unsaturated/α-hetero) is 1. The molecule has 20 heavy (non-hydrogen) atoms. The predicted octanol–water partition coefficient (Wildman–Crippen LogP) is 1.88. The Bertz CT molecular complexity index is 590. The van der Waals surface area contributed by atoms with E-state index in [9.17, 15) is 4.79 Å². The van der Waals surface area contributed by atoms with E-state index in [0.29, 0.717) is 18.8 Å². The van der Waals surface area contributed by atoms with Crippen LogP contribution in [0.3, 0.4) is 0 Å². The van der Waals surface area contributed by atoms with E-state index in [-0.39, 0.29) is 5.78 Å².